The summed E-state index contributed by atoms with van der Waals surface area (Å²) < 4.78 is 0. The Morgan fingerprint density at radius 1 is 1.58 bits per heavy atom. The molecule has 0 aromatic rings. The van der Waals surface area contributed by atoms with Gasteiger partial charge in [-0.1, -0.05) is 12.8 Å². The molecule has 1 aliphatic rings. The van der Waals surface area contributed by atoms with Crippen LogP contribution in [0.25, 0.3) is 0 Å². The van der Waals surface area contributed by atoms with E-state index in [1.165, 1.54) is 6.92 Å². The van der Waals surface area contributed by atoms with E-state index in [0.717, 1.165) is 12.8 Å². The Morgan fingerprint density at radius 2 is 2.17 bits per heavy atom. The molecule has 1 fully saturated rings. The van der Waals surface area contributed by atoms with Gasteiger partial charge in [0.25, 0.3) is 0 Å². The first kappa shape index (κ1) is 9.03. The van der Waals surface area contributed by atoms with E-state index >= 15 is 0 Å². The van der Waals surface area contributed by atoms with Gasteiger partial charge < -0.3 is 11.1 Å². The van der Waals surface area contributed by atoms with Crippen molar-refractivity contribution in [2.24, 2.45) is 11.7 Å². The second-order valence-corrected chi connectivity index (χ2v) is 3.33. The average Bonchev–Trinajstić information content (AvgIpc) is 2.68. The second-order valence-electron chi connectivity index (χ2n) is 3.33. The molecule has 0 saturated heterocycles. The quantitative estimate of drug-likeness (QED) is 0.612. The van der Waals surface area contributed by atoms with E-state index in [2.05, 4.69) is 5.32 Å². The number of hydrogen-bond donors (Lipinski definition) is 2. The van der Waals surface area contributed by atoms with Crippen LogP contribution in [-0.2, 0) is 9.59 Å². The van der Waals surface area contributed by atoms with Crippen molar-refractivity contribution in [3.05, 3.63) is 0 Å². The van der Waals surface area contributed by atoms with Gasteiger partial charge in [0, 0.05) is 6.92 Å². The zero-order valence-electron chi connectivity index (χ0n) is 7.17. The fraction of sp³-hybridized carbons (Fsp3) is 0.750. The molecule has 3 N–H and O–H groups in total. The first-order valence-electron chi connectivity index (χ1n) is 4.16. The van der Waals surface area contributed by atoms with Crippen LogP contribution in [0, 0.1) is 5.92 Å². The van der Waals surface area contributed by atoms with Crippen LogP contribution in [0.1, 0.15) is 26.2 Å². The van der Waals surface area contributed by atoms with Gasteiger partial charge in [-0.05, 0) is 12.3 Å². The SMILES string of the molecule is CC(=O)N[C@@H](CC1CC1)C(N)=O. The number of nitrogens with two attached hydrogens (primary N) is 1. The Morgan fingerprint density at radius 3 is 2.50 bits per heavy atom. The third-order valence-electron chi connectivity index (χ3n) is 1.99. The average molecular weight is 170 g/mol. The zero-order valence-corrected chi connectivity index (χ0v) is 7.17. The van der Waals surface area contributed by atoms with Crippen molar-refractivity contribution in [1.82, 2.24) is 5.32 Å². The molecule has 1 atom stereocenters. The maximum Gasteiger partial charge on any atom is 0.240 e. The Labute approximate surface area is 71.5 Å². The lowest BCUT2D eigenvalue weighted by atomic mass is 10.1. The third kappa shape index (κ3) is 2.90. The summed E-state index contributed by atoms with van der Waals surface area (Å²) in [5.74, 6) is -0.0362. The molecule has 0 aliphatic heterocycles. The molecule has 0 aromatic carbocycles. The minimum absolute atomic E-state index is 0.195. The molecule has 0 radical (unpaired) electrons. The van der Waals surface area contributed by atoms with Gasteiger partial charge >= 0.3 is 0 Å². The van der Waals surface area contributed by atoms with Crippen LogP contribution in [0.4, 0.5) is 0 Å². The van der Waals surface area contributed by atoms with Crippen molar-refractivity contribution in [3.63, 3.8) is 0 Å². The normalized spacial score (nSPS) is 18.4. The molecule has 1 aliphatic carbocycles. The standard InChI is InChI=1S/C8H14N2O2/c1-5(11)10-7(8(9)12)4-6-2-3-6/h6-7H,2-4H2,1H3,(H2,9,12)(H,10,11)/t7-/m0/s1. The van der Waals surface area contributed by atoms with Crippen molar-refractivity contribution in [3.8, 4) is 0 Å². The first-order chi connectivity index (χ1) is 5.59. The largest absolute Gasteiger partial charge is 0.368 e. The Bertz CT molecular complexity index is 199. The molecular formula is C8H14N2O2. The number of nitrogens with one attached hydrogen (secondary N) is 1. The molecule has 12 heavy (non-hydrogen) atoms. The van der Waals surface area contributed by atoms with Crippen molar-refractivity contribution in [2.75, 3.05) is 0 Å². The molecule has 0 heterocycles. The minimum atomic E-state index is -0.463. The molecule has 0 bridgehead atoms. The third-order valence-corrected chi connectivity index (χ3v) is 1.99. The van der Waals surface area contributed by atoms with Gasteiger partial charge in [-0.3, -0.25) is 9.59 Å². The van der Waals surface area contributed by atoms with E-state index in [4.69, 9.17) is 5.73 Å². The van der Waals surface area contributed by atoms with Gasteiger partial charge in [-0.2, -0.15) is 0 Å². The fourth-order valence-corrected chi connectivity index (χ4v) is 1.18. The summed E-state index contributed by atoms with van der Waals surface area (Å²) in [5, 5.41) is 2.54. The van der Waals surface area contributed by atoms with Crippen molar-refractivity contribution in [1.29, 1.82) is 0 Å². The lowest BCUT2D eigenvalue weighted by molar-refractivity contribution is -0.126. The van der Waals surface area contributed by atoms with E-state index in [0.29, 0.717) is 12.3 Å². The van der Waals surface area contributed by atoms with Crippen LogP contribution in [0.15, 0.2) is 0 Å². The highest BCUT2D eigenvalue weighted by Crippen LogP contribution is 2.33. The summed E-state index contributed by atoms with van der Waals surface area (Å²) in [4.78, 5) is 21.4. The summed E-state index contributed by atoms with van der Waals surface area (Å²) in [6, 6.07) is -0.463. The van der Waals surface area contributed by atoms with Crippen LogP contribution < -0.4 is 11.1 Å². The zero-order chi connectivity index (χ0) is 9.14. The summed E-state index contributed by atoms with van der Waals surface area (Å²) in [6.07, 6.45) is 3.02. The van der Waals surface area contributed by atoms with Crippen molar-refractivity contribution >= 4 is 11.8 Å². The van der Waals surface area contributed by atoms with Gasteiger partial charge in [-0.15, -0.1) is 0 Å². The second kappa shape index (κ2) is 3.56. The maximum absolute atomic E-state index is 10.8. The van der Waals surface area contributed by atoms with E-state index in [-0.39, 0.29) is 5.91 Å². The summed E-state index contributed by atoms with van der Waals surface area (Å²) >= 11 is 0. The smallest absolute Gasteiger partial charge is 0.240 e. The highest BCUT2D eigenvalue weighted by atomic mass is 16.2. The van der Waals surface area contributed by atoms with Crippen molar-refractivity contribution < 1.29 is 9.59 Å². The van der Waals surface area contributed by atoms with Gasteiger partial charge in [0.05, 0.1) is 0 Å². The van der Waals surface area contributed by atoms with Crippen LogP contribution in [0.5, 0.6) is 0 Å². The fourth-order valence-electron chi connectivity index (χ4n) is 1.18. The minimum Gasteiger partial charge on any atom is -0.368 e. The highest BCUT2D eigenvalue weighted by Gasteiger charge is 2.28. The molecule has 1 saturated carbocycles. The number of amides is 2. The van der Waals surface area contributed by atoms with Crippen LogP contribution in [-0.4, -0.2) is 17.9 Å². The van der Waals surface area contributed by atoms with Crippen LogP contribution in [0.3, 0.4) is 0 Å². The number of hydrogen-bond acceptors (Lipinski definition) is 2. The first-order valence-corrected chi connectivity index (χ1v) is 4.16. The Hall–Kier alpha value is -1.06. The van der Waals surface area contributed by atoms with E-state index in [1.807, 2.05) is 0 Å². The molecule has 1 rings (SSSR count). The molecule has 0 unspecified atom stereocenters. The number of carbonyl (C=O) groups is 2. The maximum atomic E-state index is 10.8. The molecule has 2 amide bonds. The van der Waals surface area contributed by atoms with E-state index < -0.39 is 11.9 Å². The summed E-state index contributed by atoms with van der Waals surface area (Å²) in [7, 11) is 0. The Balaban J connectivity index is 2.36. The predicted octanol–water partition coefficient (Wildman–Crippen LogP) is -0.223. The highest BCUT2D eigenvalue weighted by molar-refractivity contribution is 5.85. The van der Waals surface area contributed by atoms with Crippen molar-refractivity contribution in [2.45, 2.75) is 32.2 Å². The molecular weight excluding hydrogens is 156 g/mol. The van der Waals surface area contributed by atoms with Gasteiger partial charge in [0.1, 0.15) is 6.04 Å². The Kier molecular flexibility index (Phi) is 2.68. The number of primary amides is 1. The van der Waals surface area contributed by atoms with Gasteiger partial charge in [0.15, 0.2) is 0 Å². The lowest BCUT2D eigenvalue weighted by Gasteiger charge is -2.12. The van der Waals surface area contributed by atoms with E-state index in [1.54, 1.807) is 0 Å². The topological polar surface area (TPSA) is 72.2 Å². The molecule has 4 heteroatoms. The van der Waals surface area contributed by atoms with Crippen LogP contribution in [0.2, 0.25) is 0 Å². The van der Waals surface area contributed by atoms with Gasteiger partial charge in [0.2, 0.25) is 11.8 Å². The molecule has 0 spiro atoms. The lowest BCUT2D eigenvalue weighted by Crippen LogP contribution is -2.43. The summed E-state index contributed by atoms with van der Waals surface area (Å²) in [6.45, 7) is 1.39. The predicted molar refractivity (Wildman–Crippen MR) is 44.1 cm³/mol. The van der Waals surface area contributed by atoms with E-state index in [9.17, 15) is 9.59 Å². The molecule has 4 nitrogen and oxygen atoms in total. The van der Waals surface area contributed by atoms with Gasteiger partial charge in [-0.25, -0.2) is 0 Å². The molecule has 68 valence electrons. The number of carbonyl (C=O) groups excluding carboxylic acids is 2. The molecule has 0 aromatic heterocycles. The van der Waals surface area contributed by atoms with Crippen LogP contribution >= 0.6 is 0 Å². The number of rotatable bonds is 4. The monoisotopic (exact) mass is 170 g/mol. The summed E-state index contributed by atoms with van der Waals surface area (Å²) in [5.41, 5.74) is 5.11.